The number of anilines is 1. The van der Waals surface area contributed by atoms with Gasteiger partial charge in [-0.3, -0.25) is 4.98 Å². The van der Waals surface area contributed by atoms with E-state index < -0.39 is 0 Å². The fourth-order valence-corrected chi connectivity index (χ4v) is 1.44. The van der Waals surface area contributed by atoms with Crippen LogP contribution >= 0.6 is 23.8 Å². The molecule has 0 unspecified atom stereocenters. The van der Waals surface area contributed by atoms with E-state index in [-0.39, 0.29) is 5.95 Å². The van der Waals surface area contributed by atoms with Gasteiger partial charge in [0.15, 0.2) is 5.11 Å². The first kappa shape index (κ1) is 11.7. The van der Waals surface area contributed by atoms with Crippen LogP contribution in [0.25, 0.3) is 11.5 Å². The molecule has 0 bridgehead atoms. The van der Waals surface area contributed by atoms with Gasteiger partial charge in [0.25, 0.3) is 0 Å². The monoisotopic (exact) mass is 268 g/mol. The molecule has 3 N–H and O–H groups in total. The van der Waals surface area contributed by atoms with Gasteiger partial charge >= 0.3 is 0 Å². The third-order valence-corrected chi connectivity index (χ3v) is 2.60. The van der Waals surface area contributed by atoms with Gasteiger partial charge in [-0.05, 0) is 24.4 Å². The summed E-state index contributed by atoms with van der Waals surface area (Å²) >= 11 is 10.8. The maximum atomic E-state index is 5.74. The Balaban J connectivity index is 2.41. The molecule has 8 heteroatoms. The average molecular weight is 269 g/mol. The number of nitrogen functional groups attached to an aromatic ring is 1. The molecule has 2 heterocycles. The van der Waals surface area contributed by atoms with Gasteiger partial charge in [-0.15, -0.1) is 5.10 Å². The summed E-state index contributed by atoms with van der Waals surface area (Å²) in [6, 6.07) is 3.42. The summed E-state index contributed by atoms with van der Waals surface area (Å²) in [4.78, 5) is 8.17. The smallest absolute Gasteiger partial charge is 0.226 e. The Morgan fingerprint density at radius 3 is 2.88 bits per heavy atom. The first-order valence-corrected chi connectivity index (χ1v) is 5.47. The topological polar surface area (TPSA) is 81.7 Å². The van der Waals surface area contributed by atoms with Crippen molar-refractivity contribution < 1.29 is 0 Å². The molecule has 0 fully saturated rings. The maximum Gasteiger partial charge on any atom is 0.226 e. The molecular weight excluding hydrogens is 260 g/mol. The standard InChI is InChI=1S/C9H9ClN6S/c1-12-9(17)16-8(11)14-7(15-16)6-3-2-5(10)4-13-6/h2-4H,1H3,(H,12,17)(H2,11,14,15). The Morgan fingerprint density at radius 2 is 2.29 bits per heavy atom. The highest BCUT2D eigenvalue weighted by atomic mass is 35.5. The molecule has 17 heavy (non-hydrogen) atoms. The summed E-state index contributed by atoms with van der Waals surface area (Å²) in [7, 11) is 1.68. The second-order valence-electron chi connectivity index (χ2n) is 3.12. The van der Waals surface area contributed by atoms with Crippen LogP contribution in [0.1, 0.15) is 0 Å². The Labute approximate surface area is 108 Å². The molecule has 0 atom stereocenters. The van der Waals surface area contributed by atoms with Gasteiger partial charge in [0, 0.05) is 13.2 Å². The minimum atomic E-state index is 0.205. The van der Waals surface area contributed by atoms with Crippen molar-refractivity contribution in [2.45, 2.75) is 0 Å². The minimum absolute atomic E-state index is 0.205. The summed E-state index contributed by atoms with van der Waals surface area (Å²) in [5.74, 6) is 0.605. The number of hydrogen-bond donors (Lipinski definition) is 2. The van der Waals surface area contributed by atoms with E-state index >= 15 is 0 Å². The molecule has 0 aliphatic carbocycles. The van der Waals surface area contributed by atoms with E-state index in [1.165, 1.54) is 10.9 Å². The molecule has 88 valence electrons. The largest absolute Gasteiger partial charge is 0.368 e. The van der Waals surface area contributed by atoms with E-state index in [4.69, 9.17) is 29.6 Å². The number of thiocarbonyl (C=S) groups is 1. The van der Waals surface area contributed by atoms with Gasteiger partial charge in [0.2, 0.25) is 11.8 Å². The molecule has 2 aromatic rings. The second-order valence-corrected chi connectivity index (χ2v) is 3.95. The predicted molar refractivity (Wildman–Crippen MR) is 69.7 cm³/mol. The summed E-state index contributed by atoms with van der Waals surface area (Å²) in [5.41, 5.74) is 6.28. The van der Waals surface area contributed by atoms with E-state index in [2.05, 4.69) is 20.4 Å². The first-order chi connectivity index (χ1) is 8.11. The number of pyridine rings is 1. The van der Waals surface area contributed by atoms with Crippen LogP contribution in [-0.2, 0) is 0 Å². The molecule has 0 aliphatic rings. The van der Waals surface area contributed by atoms with Crippen molar-refractivity contribution in [1.29, 1.82) is 0 Å². The number of halogens is 1. The summed E-state index contributed by atoms with van der Waals surface area (Å²) in [6.45, 7) is 0. The van der Waals surface area contributed by atoms with Crippen molar-refractivity contribution in [3.8, 4) is 11.5 Å². The van der Waals surface area contributed by atoms with E-state index in [1.54, 1.807) is 19.2 Å². The normalized spacial score (nSPS) is 10.2. The van der Waals surface area contributed by atoms with Crippen molar-refractivity contribution in [2.75, 3.05) is 12.8 Å². The molecule has 2 aromatic heterocycles. The molecule has 6 nitrogen and oxygen atoms in total. The second kappa shape index (κ2) is 4.64. The van der Waals surface area contributed by atoms with Crippen molar-refractivity contribution in [2.24, 2.45) is 0 Å². The van der Waals surface area contributed by atoms with E-state index in [0.717, 1.165) is 0 Å². The fraction of sp³-hybridized carbons (Fsp3) is 0.111. The highest BCUT2D eigenvalue weighted by molar-refractivity contribution is 7.80. The molecular formula is C9H9ClN6S. The number of rotatable bonds is 1. The average Bonchev–Trinajstić information content (AvgIpc) is 2.71. The Kier molecular flexibility index (Phi) is 3.21. The van der Waals surface area contributed by atoms with Crippen LogP contribution in [0.3, 0.4) is 0 Å². The van der Waals surface area contributed by atoms with Gasteiger partial charge in [-0.2, -0.15) is 9.67 Å². The van der Waals surface area contributed by atoms with Crippen LogP contribution < -0.4 is 11.1 Å². The van der Waals surface area contributed by atoms with Crippen molar-refractivity contribution in [1.82, 2.24) is 25.1 Å². The van der Waals surface area contributed by atoms with Gasteiger partial charge in [0.05, 0.1) is 5.02 Å². The van der Waals surface area contributed by atoms with Crippen LogP contribution in [0.5, 0.6) is 0 Å². The zero-order valence-electron chi connectivity index (χ0n) is 8.88. The maximum absolute atomic E-state index is 5.74. The zero-order chi connectivity index (χ0) is 12.4. The highest BCUT2D eigenvalue weighted by Crippen LogP contribution is 2.16. The predicted octanol–water partition coefficient (Wildman–Crippen LogP) is 0.928. The third-order valence-electron chi connectivity index (χ3n) is 1.99. The first-order valence-electron chi connectivity index (χ1n) is 4.68. The lowest BCUT2D eigenvalue weighted by Gasteiger charge is -2.01. The van der Waals surface area contributed by atoms with E-state index in [9.17, 15) is 0 Å². The summed E-state index contributed by atoms with van der Waals surface area (Å²) in [6.07, 6.45) is 1.52. The van der Waals surface area contributed by atoms with E-state index in [1.807, 2.05) is 0 Å². The van der Waals surface area contributed by atoms with Crippen molar-refractivity contribution in [3.63, 3.8) is 0 Å². The van der Waals surface area contributed by atoms with Crippen LogP contribution in [-0.4, -0.2) is 31.9 Å². The number of nitrogens with zero attached hydrogens (tertiary/aromatic N) is 4. The summed E-state index contributed by atoms with van der Waals surface area (Å²) < 4.78 is 1.33. The molecule has 2 rings (SSSR count). The van der Waals surface area contributed by atoms with Gasteiger partial charge in [0.1, 0.15) is 5.69 Å². The molecule has 0 aliphatic heterocycles. The number of hydrogen-bond acceptors (Lipinski definition) is 5. The highest BCUT2D eigenvalue weighted by Gasteiger charge is 2.12. The lowest BCUT2D eigenvalue weighted by atomic mass is 10.3. The molecule has 0 aromatic carbocycles. The van der Waals surface area contributed by atoms with Crippen molar-refractivity contribution in [3.05, 3.63) is 23.4 Å². The quantitative estimate of drug-likeness (QED) is 0.749. The lowest BCUT2D eigenvalue weighted by molar-refractivity contribution is 0.913. The van der Waals surface area contributed by atoms with E-state index in [0.29, 0.717) is 21.7 Å². The number of aromatic nitrogens is 4. The van der Waals surface area contributed by atoms with Gasteiger partial charge < -0.3 is 11.1 Å². The molecule has 0 amide bonds. The molecule has 0 radical (unpaired) electrons. The van der Waals surface area contributed by atoms with Crippen molar-refractivity contribution >= 4 is 34.9 Å². The molecule has 0 saturated carbocycles. The van der Waals surface area contributed by atoms with Gasteiger partial charge in [-0.1, -0.05) is 11.6 Å². The van der Waals surface area contributed by atoms with Crippen LogP contribution in [0, 0.1) is 0 Å². The fourth-order valence-electron chi connectivity index (χ4n) is 1.20. The molecule has 0 spiro atoms. The van der Waals surface area contributed by atoms with Gasteiger partial charge in [-0.25, -0.2) is 0 Å². The third kappa shape index (κ3) is 2.34. The molecule has 0 saturated heterocycles. The minimum Gasteiger partial charge on any atom is -0.368 e. The lowest BCUT2D eigenvalue weighted by Crippen LogP contribution is -2.26. The van der Waals surface area contributed by atoms with Crippen LogP contribution in [0.15, 0.2) is 18.3 Å². The zero-order valence-corrected chi connectivity index (χ0v) is 10.5. The Bertz CT molecular complexity index is 549. The Hall–Kier alpha value is -1.73. The Morgan fingerprint density at radius 1 is 1.53 bits per heavy atom. The summed E-state index contributed by atoms with van der Waals surface area (Å²) in [5, 5.41) is 7.84. The SMILES string of the molecule is CNC(=S)n1nc(-c2ccc(Cl)cn2)nc1N. The number of nitrogens with one attached hydrogen (secondary N) is 1. The van der Waals surface area contributed by atoms with Crippen LogP contribution in [0.2, 0.25) is 5.02 Å². The van der Waals surface area contributed by atoms with Crippen LogP contribution in [0.4, 0.5) is 5.95 Å². The number of nitrogens with two attached hydrogens (primary N) is 1.